The zero-order chi connectivity index (χ0) is 18.3. The third-order valence-electron chi connectivity index (χ3n) is 4.00. The van der Waals surface area contributed by atoms with E-state index in [1.54, 1.807) is 42.5 Å². The van der Waals surface area contributed by atoms with Gasteiger partial charge in [-0.2, -0.15) is 0 Å². The van der Waals surface area contributed by atoms with Gasteiger partial charge in [0.25, 0.3) is 0 Å². The van der Waals surface area contributed by atoms with Gasteiger partial charge in [-0.25, -0.2) is 4.98 Å². The van der Waals surface area contributed by atoms with Gasteiger partial charge in [-0.1, -0.05) is 35.9 Å². The van der Waals surface area contributed by atoms with E-state index in [9.17, 15) is 9.90 Å². The highest BCUT2D eigenvalue weighted by Gasteiger charge is 2.13. The number of rotatable bonds is 3. The van der Waals surface area contributed by atoms with Crippen LogP contribution in [0, 0.1) is 0 Å². The number of aromatic nitrogens is 1. The van der Waals surface area contributed by atoms with Crippen LogP contribution < -0.4 is 5.11 Å². The Labute approximate surface area is 162 Å². The lowest BCUT2D eigenvalue weighted by Crippen LogP contribution is -2.22. The van der Waals surface area contributed by atoms with Crippen molar-refractivity contribution in [3.05, 3.63) is 75.7 Å². The summed E-state index contributed by atoms with van der Waals surface area (Å²) in [4.78, 5) is 16.0. The van der Waals surface area contributed by atoms with E-state index in [4.69, 9.17) is 16.0 Å². The maximum atomic E-state index is 11.5. The number of fused-ring (bicyclic) bond motifs is 1. The van der Waals surface area contributed by atoms with Crippen LogP contribution in [-0.2, 0) is 0 Å². The fourth-order valence-corrected chi connectivity index (χ4v) is 3.18. The van der Waals surface area contributed by atoms with E-state index >= 15 is 0 Å². The average molecular weight is 428 g/mol. The van der Waals surface area contributed by atoms with Crippen LogP contribution in [0.3, 0.4) is 0 Å². The zero-order valence-electron chi connectivity index (χ0n) is 13.2. The second-order valence-corrected chi connectivity index (χ2v) is 6.91. The maximum Gasteiger partial charge on any atom is 0.153 e. The monoisotopic (exact) mass is 426 g/mol. The number of carbonyl (C=O) groups excluding carboxylic acids is 1. The highest BCUT2D eigenvalue weighted by atomic mass is 79.9. The Morgan fingerprint density at radius 3 is 2.58 bits per heavy atom. The van der Waals surface area contributed by atoms with Crippen LogP contribution in [0.1, 0.15) is 10.4 Å². The van der Waals surface area contributed by atoms with Gasteiger partial charge >= 0.3 is 0 Å². The highest BCUT2D eigenvalue weighted by molar-refractivity contribution is 9.10. The Morgan fingerprint density at radius 2 is 1.81 bits per heavy atom. The van der Waals surface area contributed by atoms with Crippen LogP contribution >= 0.6 is 27.5 Å². The predicted molar refractivity (Wildman–Crippen MR) is 102 cm³/mol. The minimum Gasteiger partial charge on any atom is -0.545 e. The molecule has 0 atom stereocenters. The zero-order valence-corrected chi connectivity index (χ0v) is 15.5. The maximum absolute atomic E-state index is 11.5. The van der Waals surface area contributed by atoms with Crippen molar-refractivity contribution in [2.45, 2.75) is 0 Å². The summed E-state index contributed by atoms with van der Waals surface area (Å²) in [6.07, 6.45) is 0. The summed E-state index contributed by atoms with van der Waals surface area (Å²) in [5, 5.41) is 12.6. The average Bonchev–Trinajstić information content (AvgIpc) is 3.13. The van der Waals surface area contributed by atoms with Gasteiger partial charge in [0.05, 0.1) is 16.5 Å². The van der Waals surface area contributed by atoms with E-state index in [1.807, 2.05) is 12.1 Å². The number of hydrogen-bond acceptors (Lipinski definition) is 4. The molecule has 0 unspecified atom stereocenters. The lowest BCUT2D eigenvalue weighted by Gasteiger charge is -2.09. The molecule has 0 aliphatic rings. The molecule has 0 aliphatic carbocycles. The van der Waals surface area contributed by atoms with Crippen LogP contribution in [0.15, 0.2) is 69.6 Å². The molecule has 0 bridgehead atoms. The van der Waals surface area contributed by atoms with Gasteiger partial charge < -0.3 is 14.3 Å². The first kappa shape index (κ1) is 16.8. The Balaban J connectivity index is 1.82. The van der Waals surface area contributed by atoms with Crippen molar-refractivity contribution < 1.29 is 14.3 Å². The summed E-state index contributed by atoms with van der Waals surface area (Å²) in [5.74, 6) is -0.178. The number of para-hydroxylation sites is 1. The van der Waals surface area contributed by atoms with Crippen LogP contribution in [-0.4, -0.2) is 11.0 Å². The predicted octanol–water partition coefficient (Wildman–Crippen LogP) is 4.94. The first-order valence-corrected chi connectivity index (χ1v) is 8.87. The molecule has 0 saturated carbocycles. The summed E-state index contributed by atoms with van der Waals surface area (Å²) in [6.45, 7) is 0. The van der Waals surface area contributed by atoms with E-state index in [0.29, 0.717) is 33.1 Å². The second kappa shape index (κ2) is 6.59. The molecule has 4 aromatic rings. The van der Waals surface area contributed by atoms with Gasteiger partial charge in [0, 0.05) is 21.0 Å². The minimum absolute atomic E-state index is 0.0789. The molecular weight excluding hydrogens is 418 g/mol. The van der Waals surface area contributed by atoms with Crippen LogP contribution in [0.4, 0.5) is 0 Å². The number of aromatic carboxylic acids is 1. The normalized spacial score (nSPS) is 11.0. The number of pyridine rings is 1. The minimum atomic E-state index is -1.25. The molecule has 4 rings (SSSR count). The lowest BCUT2D eigenvalue weighted by atomic mass is 10.1. The molecule has 0 saturated heterocycles. The third kappa shape index (κ3) is 3.00. The number of nitrogens with zero attached hydrogens (tertiary/aromatic N) is 1. The quantitative estimate of drug-likeness (QED) is 0.464. The number of carbonyl (C=O) groups is 1. The molecule has 2 aromatic heterocycles. The number of hydrogen-bond donors (Lipinski definition) is 0. The molecule has 2 aromatic carbocycles. The first-order valence-electron chi connectivity index (χ1n) is 7.70. The SMILES string of the molecule is O=C([O-])c1cc(-c2ccc(-c3ccc(Br)c(Cl)c3)o2)nc2ccccc12. The Hall–Kier alpha value is -2.63. The summed E-state index contributed by atoms with van der Waals surface area (Å²) in [7, 11) is 0. The lowest BCUT2D eigenvalue weighted by molar-refractivity contribution is -0.254. The van der Waals surface area contributed by atoms with Gasteiger partial charge in [-0.05, 0) is 52.3 Å². The number of carboxylic acids is 1. The molecular formula is C20H10BrClNO3-. The van der Waals surface area contributed by atoms with Crippen molar-refractivity contribution in [1.82, 2.24) is 4.98 Å². The van der Waals surface area contributed by atoms with Gasteiger partial charge in [0.1, 0.15) is 11.5 Å². The van der Waals surface area contributed by atoms with Crippen molar-refractivity contribution in [2.75, 3.05) is 0 Å². The van der Waals surface area contributed by atoms with Crippen LogP contribution in [0.5, 0.6) is 0 Å². The summed E-state index contributed by atoms with van der Waals surface area (Å²) >= 11 is 9.49. The van der Waals surface area contributed by atoms with Crippen molar-refractivity contribution in [1.29, 1.82) is 0 Å². The number of benzene rings is 2. The van der Waals surface area contributed by atoms with Gasteiger partial charge in [0.2, 0.25) is 0 Å². The molecule has 0 amide bonds. The number of carboxylic acid groups (broad SMARTS) is 1. The number of halogens is 2. The summed E-state index contributed by atoms with van der Waals surface area (Å²) in [5.41, 5.74) is 1.88. The highest BCUT2D eigenvalue weighted by Crippen LogP contribution is 2.33. The van der Waals surface area contributed by atoms with Crippen molar-refractivity contribution >= 4 is 44.4 Å². The summed E-state index contributed by atoms with van der Waals surface area (Å²) < 4.78 is 6.68. The Morgan fingerprint density at radius 1 is 1.04 bits per heavy atom. The van der Waals surface area contributed by atoms with Crippen molar-refractivity contribution in [3.8, 4) is 22.8 Å². The molecule has 6 heteroatoms. The molecule has 2 heterocycles. The first-order chi connectivity index (χ1) is 12.5. The van der Waals surface area contributed by atoms with E-state index < -0.39 is 5.97 Å². The Kier molecular flexibility index (Phi) is 4.26. The molecule has 4 nitrogen and oxygen atoms in total. The third-order valence-corrected chi connectivity index (χ3v) is 5.23. The van der Waals surface area contributed by atoms with E-state index in [-0.39, 0.29) is 5.56 Å². The van der Waals surface area contributed by atoms with E-state index in [2.05, 4.69) is 20.9 Å². The van der Waals surface area contributed by atoms with Gasteiger partial charge in [0.15, 0.2) is 5.76 Å². The fraction of sp³-hybridized carbons (Fsp3) is 0. The molecule has 128 valence electrons. The van der Waals surface area contributed by atoms with Crippen LogP contribution in [0.25, 0.3) is 33.7 Å². The van der Waals surface area contributed by atoms with Crippen molar-refractivity contribution in [2.24, 2.45) is 0 Å². The molecule has 0 radical (unpaired) electrons. The van der Waals surface area contributed by atoms with Crippen LogP contribution in [0.2, 0.25) is 5.02 Å². The fourth-order valence-electron chi connectivity index (χ4n) is 2.75. The second-order valence-electron chi connectivity index (χ2n) is 5.65. The van der Waals surface area contributed by atoms with Gasteiger partial charge in [-0.15, -0.1) is 0 Å². The topological polar surface area (TPSA) is 66.2 Å². The van der Waals surface area contributed by atoms with Gasteiger partial charge in [-0.3, -0.25) is 0 Å². The smallest absolute Gasteiger partial charge is 0.153 e. The summed E-state index contributed by atoms with van der Waals surface area (Å²) in [6, 6.07) is 17.5. The van der Waals surface area contributed by atoms with Crippen molar-refractivity contribution in [3.63, 3.8) is 0 Å². The molecule has 26 heavy (non-hydrogen) atoms. The Bertz CT molecular complexity index is 1150. The van der Waals surface area contributed by atoms with E-state index in [1.165, 1.54) is 6.07 Å². The largest absolute Gasteiger partial charge is 0.545 e. The molecule has 0 spiro atoms. The molecule has 0 fully saturated rings. The standard InChI is InChI=1S/C20H11BrClNO3/c21-14-6-5-11(9-15(14)22)18-7-8-19(26-18)17-10-13(20(24)25)12-3-1-2-4-16(12)23-17/h1-10H,(H,24,25)/p-1. The molecule has 0 aliphatic heterocycles. The molecule has 0 N–H and O–H groups in total. The van der Waals surface area contributed by atoms with E-state index in [0.717, 1.165) is 10.0 Å². The number of furan rings is 1.